The minimum atomic E-state index is 0.0333. The highest BCUT2D eigenvalue weighted by atomic mass is 16.1. The van der Waals surface area contributed by atoms with Gasteiger partial charge in [0.15, 0.2) is 5.78 Å². The molecule has 2 bridgehead atoms. The van der Waals surface area contributed by atoms with Crippen LogP contribution < -0.4 is 5.32 Å². The first kappa shape index (κ1) is 11.1. The molecule has 1 N–H and O–H groups in total. The third-order valence-corrected chi connectivity index (χ3v) is 6.05. The Hall–Kier alpha value is -1.64. The second-order valence-corrected chi connectivity index (χ2v) is 6.97. The van der Waals surface area contributed by atoms with E-state index in [1.807, 2.05) is 18.2 Å². The average Bonchev–Trinajstić information content (AvgIpc) is 2.76. The molecule has 20 heavy (non-hydrogen) atoms. The van der Waals surface area contributed by atoms with Crippen molar-refractivity contribution in [3.8, 4) is 0 Å². The van der Waals surface area contributed by atoms with Gasteiger partial charge < -0.3 is 5.32 Å². The maximum Gasteiger partial charge on any atom is 0.228 e. The lowest BCUT2D eigenvalue weighted by Gasteiger charge is -2.08. The van der Waals surface area contributed by atoms with Gasteiger partial charge in [-0.25, -0.2) is 0 Å². The van der Waals surface area contributed by atoms with E-state index in [-0.39, 0.29) is 5.91 Å². The highest BCUT2D eigenvalue weighted by Gasteiger charge is 2.67. The Bertz CT molecular complexity index is 634. The van der Waals surface area contributed by atoms with Gasteiger partial charge in [-0.05, 0) is 66.7 Å². The Labute approximate surface area is 117 Å². The van der Waals surface area contributed by atoms with Crippen LogP contribution in [0.1, 0.15) is 35.2 Å². The molecule has 1 aromatic rings. The van der Waals surface area contributed by atoms with Gasteiger partial charge in [-0.1, -0.05) is 0 Å². The van der Waals surface area contributed by atoms with Gasteiger partial charge in [-0.15, -0.1) is 0 Å². The van der Waals surface area contributed by atoms with E-state index in [0.717, 1.165) is 28.7 Å². The van der Waals surface area contributed by atoms with Crippen molar-refractivity contribution in [1.29, 1.82) is 0 Å². The van der Waals surface area contributed by atoms with Crippen molar-refractivity contribution >= 4 is 17.4 Å². The predicted octanol–water partition coefficient (Wildman–Crippen LogP) is 2.66. The van der Waals surface area contributed by atoms with Crippen LogP contribution >= 0.6 is 0 Å². The van der Waals surface area contributed by atoms with E-state index < -0.39 is 0 Å². The summed E-state index contributed by atoms with van der Waals surface area (Å²) in [6.45, 7) is 0. The Kier molecular flexibility index (Phi) is 1.94. The summed E-state index contributed by atoms with van der Waals surface area (Å²) in [4.78, 5) is 24.1. The Balaban J connectivity index is 1.43. The first-order chi connectivity index (χ1) is 9.72. The molecule has 3 nitrogen and oxygen atoms in total. The summed E-state index contributed by atoms with van der Waals surface area (Å²) in [5, 5.41) is 2.82. The quantitative estimate of drug-likeness (QED) is 0.837. The first-order valence-corrected chi connectivity index (χ1v) is 7.69. The van der Waals surface area contributed by atoms with Crippen LogP contribution in [0.5, 0.6) is 0 Å². The van der Waals surface area contributed by atoms with Gasteiger partial charge in [0.05, 0.1) is 6.42 Å². The van der Waals surface area contributed by atoms with Crippen molar-refractivity contribution in [3.63, 3.8) is 0 Å². The average molecular weight is 267 g/mol. The Morgan fingerprint density at radius 3 is 2.65 bits per heavy atom. The van der Waals surface area contributed by atoms with Crippen LogP contribution in [0.2, 0.25) is 0 Å². The number of nitrogens with one attached hydrogen (secondary N) is 1. The number of ketones is 1. The fourth-order valence-electron chi connectivity index (χ4n) is 5.25. The van der Waals surface area contributed by atoms with Crippen LogP contribution in [0, 0.1) is 29.6 Å². The number of amides is 1. The molecule has 1 aromatic carbocycles. The lowest BCUT2D eigenvalue weighted by molar-refractivity contribution is -0.115. The molecule has 0 aromatic heterocycles. The maximum atomic E-state index is 12.7. The SMILES string of the molecule is O=C1Cc2cc(C(=O)C3C4C5CCC(C5)C34)ccc2N1. The number of anilines is 1. The molecule has 1 aliphatic heterocycles. The molecule has 0 saturated heterocycles. The first-order valence-electron chi connectivity index (χ1n) is 7.69. The van der Waals surface area contributed by atoms with Crippen LogP contribution in [-0.4, -0.2) is 11.7 Å². The van der Waals surface area contributed by atoms with Gasteiger partial charge in [0, 0.05) is 17.2 Å². The van der Waals surface area contributed by atoms with Gasteiger partial charge in [-0.2, -0.15) is 0 Å². The third-order valence-electron chi connectivity index (χ3n) is 6.05. The Morgan fingerprint density at radius 2 is 1.90 bits per heavy atom. The number of carbonyl (C=O) groups excluding carboxylic acids is 2. The highest BCUT2D eigenvalue weighted by molar-refractivity contribution is 6.04. The second kappa shape index (κ2) is 3.51. The lowest BCUT2D eigenvalue weighted by Crippen LogP contribution is -2.10. The van der Waals surface area contributed by atoms with Gasteiger partial charge in [0.25, 0.3) is 0 Å². The molecule has 3 aliphatic carbocycles. The fourth-order valence-corrected chi connectivity index (χ4v) is 5.25. The number of hydrogen-bond acceptors (Lipinski definition) is 2. The van der Waals surface area contributed by atoms with E-state index in [1.54, 1.807) is 0 Å². The summed E-state index contributed by atoms with van der Waals surface area (Å²) < 4.78 is 0. The highest BCUT2D eigenvalue weighted by Crippen LogP contribution is 2.69. The van der Waals surface area contributed by atoms with E-state index in [0.29, 0.717) is 30.0 Å². The van der Waals surface area contributed by atoms with Crippen LogP contribution in [-0.2, 0) is 11.2 Å². The van der Waals surface area contributed by atoms with Gasteiger partial charge in [0.2, 0.25) is 5.91 Å². The largest absolute Gasteiger partial charge is 0.326 e. The molecule has 0 spiro atoms. The molecule has 3 heteroatoms. The van der Waals surface area contributed by atoms with Gasteiger partial charge in [-0.3, -0.25) is 9.59 Å². The molecule has 3 saturated carbocycles. The van der Waals surface area contributed by atoms with E-state index >= 15 is 0 Å². The lowest BCUT2D eigenvalue weighted by atomic mass is 9.95. The van der Waals surface area contributed by atoms with E-state index in [9.17, 15) is 9.59 Å². The van der Waals surface area contributed by atoms with E-state index in [2.05, 4.69) is 5.32 Å². The summed E-state index contributed by atoms with van der Waals surface area (Å²) >= 11 is 0. The minimum absolute atomic E-state index is 0.0333. The number of carbonyl (C=O) groups is 2. The van der Waals surface area contributed by atoms with E-state index in [4.69, 9.17) is 0 Å². The zero-order valence-electron chi connectivity index (χ0n) is 11.3. The molecule has 3 fully saturated rings. The van der Waals surface area contributed by atoms with Crippen LogP contribution in [0.4, 0.5) is 5.69 Å². The van der Waals surface area contributed by atoms with E-state index in [1.165, 1.54) is 19.3 Å². The normalized spacial score (nSPS) is 39.4. The standard InChI is InChI=1S/C17H17NO2/c19-13-7-11-6-10(3-4-12(11)18-13)17(20)16-14-8-1-2-9(5-8)15(14)16/h3-4,6,8-9,14-16H,1-2,5,7H2,(H,18,19). The summed E-state index contributed by atoms with van der Waals surface area (Å²) in [5.41, 5.74) is 2.68. The summed E-state index contributed by atoms with van der Waals surface area (Å²) in [6, 6.07) is 5.72. The van der Waals surface area contributed by atoms with Gasteiger partial charge >= 0.3 is 0 Å². The molecule has 4 atom stereocenters. The molecule has 4 aliphatic rings. The molecule has 1 heterocycles. The predicted molar refractivity (Wildman–Crippen MR) is 74.4 cm³/mol. The Morgan fingerprint density at radius 1 is 1.15 bits per heavy atom. The second-order valence-electron chi connectivity index (χ2n) is 6.97. The van der Waals surface area contributed by atoms with Crippen molar-refractivity contribution in [2.75, 3.05) is 5.32 Å². The summed E-state index contributed by atoms with van der Waals surface area (Å²) in [6.07, 6.45) is 4.48. The number of benzene rings is 1. The smallest absolute Gasteiger partial charge is 0.228 e. The van der Waals surface area contributed by atoms with Crippen molar-refractivity contribution in [3.05, 3.63) is 29.3 Å². The fraction of sp³-hybridized carbons (Fsp3) is 0.529. The number of fused-ring (bicyclic) bond motifs is 6. The topological polar surface area (TPSA) is 46.2 Å². The molecule has 4 unspecified atom stereocenters. The molecular weight excluding hydrogens is 250 g/mol. The monoisotopic (exact) mass is 267 g/mol. The van der Waals surface area contributed by atoms with Crippen LogP contribution in [0.25, 0.3) is 0 Å². The van der Waals surface area contributed by atoms with Crippen molar-refractivity contribution in [2.24, 2.45) is 29.6 Å². The number of Topliss-reactive ketones (excluding diaryl/α,β-unsaturated/α-hetero) is 1. The summed E-state index contributed by atoms with van der Waals surface area (Å²) in [5.74, 6) is 3.70. The molecule has 102 valence electrons. The molecule has 0 radical (unpaired) electrons. The zero-order valence-corrected chi connectivity index (χ0v) is 11.3. The molecular formula is C17H17NO2. The van der Waals surface area contributed by atoms with Crippen molar-refractivity contribution in [2.45, 2.75) is 25.7 Å². The number of hydrogen-bond donors (Lipinski definition) is 1. The minimum Gasteiger partial charge on any atom is -0.326 e. The van der Waals surface area contributed by atoms with Crippen LogP contribution in [0.15, 0.2) is 18.2 Å². The zero-order chi connectivity index (χ0) is 13.4. The molecule has 5 rings (SSSR count). The van der Waals surface area contributed by atoms with Crippen LogP contribution in [0.3, 0.4) is 0 Å². The third kappa shape index (κ3) is 1.31. The van der Waals surface area contributed by atoms with Crippen molar-refractivity contribution in [1.82, 2.24) is 0 Å². The number of rotatable bonds is 2. The molecule has 1 amide bonds. The van der Waals surface area contributed by atoms with Crippen molar-refractivity contribution < 1.29 is 9.59 Å². The maximum absolute atomic E-state index is 12.7. The summed E-state index contributed by atoms with van der Waals surface area (Å²) in [7, 11) is 0. The van der Waals surface area contributed by atoms with Gasteiger partial charge in [0.1, 0.15) is 0 Å².